The normalized spacial score (nSPS) is 17.2. The van der Waals surface area contributed by atoms with Gasteiger partial charge in [-0.25, -0.2) is 8.51 Å². The Morgan fingerprint density at radius 2 is 1.86 bits per heavy atom. The summed E-state index contributed by atoms with van der Waals surface area (Å²) in [5.74, 6) is -0.525. The second-order valence-electron chi connectivity index (χ2n) is 8.93. The van der Waals surface area contributed by atoms with Gasteiger partial charge in [-0.3, -0.25) is 4.79 Å². The maximum atomic E-state index is 12.9. The van der Waals surface area contributed by atoms with E-state index in [1.54, 1.807) is 0 Å². The first-order valence-electron chi connectivity index (χ1n) is 11.7. The van der Waals surface area contributed by atoms with Crippen molar-refractivity contribution in [3.63, 3.8) is 0 Å². The van der Waals surface area contributed by atoms with Crippen LogP contribution < -0.4 is 11.1 Å². The molecule has 2 aliphatic heterocycles. The Morgan fingerprint density at radius 3 is 2.51 bits per heavy atom. The minimum Gasteiger partial charge on any atom is -0.508 e. The molecule has 1 saturated heterocycles. The van der Waals surface area contributed by atoms with E-state index in [1.165, 1.54) is 23.8 Å². The average molecular weight is 503 g/mol. The molecule has 4 rings (SSSR count). The lowest BCUT2D eigenvalue weighted by Gasteiger charge is -2.30. The Hall–Kier alpha value is -2.95. The van der Waals surface area contributed by atoms with Gasteiger partial charge < -0.3 is 31.0 Å². The van der Waals surface area contributed by atoms with Gasteiger partial charge >= 0.3 is 0 Å². The zero-order valence-electron chi connectivity index (χ0n) is 20.0. The number of phenolic OH excluding ortho intramolecular Hbond substituents is 2. The highest BCUT2D eigenvalue weighted by molar-refractivity contribution is 7.82. The maximum Gasteiger partial charge on any atom is 0.217 e. The van der Waals surface area contributed by atoms with Crippen molar-refractivity contribution in [3.8, 4) is 11.5 Å². The summed E-state index contributed by atoms with van der Waals surface area (Å²) in [5.41, 5.74) is 8.22. The Balaban J connectivity index is 0.000000371. The van der Waals surface area contributed by atoms with Gasteiger partial charge in [0.05, 0.1) is 4.90 Å². The molecule has 1 amide bonds. The Bertz CT molecular complexity index is 1060. The lowest BCUT2D eigenvalue weighted by atomic mass is 10.0. The first-order chi connectivity index (χ1) is 16.8. The van der Waals surface area contributed by atoms with Gasteiger partial charge in [0.2, 0.25) is 5.91 Å². The number of nitrogens with one attached hydrogen (secondary N) is 1. The molecule has 0 radical (unpaired) electrons. The van der Waals surface area contributed by atoms with Crippen molar-refractivity contribution >= 4 is 28.9 Å². The summed E-state index contributed by atoms with van der Waals surface area (Å²) in [4.78, 5) is 22.3. The number of amides is 1. The van der Waals surface area contributed by atoms with E-state index in [1.807, 2.05) is 4.31 Å². The molecule has 10 heteroatoms. The van der Waals surface area contributed by atoms with Crippen molar-refractivity contribution in [3.05, 3.63) is 47.5 Å². The molecule has 0 saturated carbocycles. The second kappa shape index (κ2) is 12.7. The van der Waals surface area contributed by atoms with Gasteiger partial charge in [0.25, 0.3) is 0 Å². The molecule has 2 aromatic carbocycles. The number of anilines is 1. The van der Waals surface area contributed by atoms with Crippen LogP contribution in [0.3, 0.4) is 0 Å². The predicted octanol–water partition coefficient (Wildman–Crippen LogP) is 2.48. The Kier molecular flexibility index (Phi) is 9.64. The van der Waals surface area contributed by atoms with Gasteiger partial charge in [0.1, 0.15) is 28.8 Å². The van der Waals surface area contributed by atoms with Crippen LogP contribution in [0.2, 0.25) is 0 Å². The Morgan fingerprint density at radius 1 is 1.14 bits per heavy atom. The standard InChI is InChI=1S/C20H25N3O3S.C5H9NO2/c1-22-8-6-16(7-9-22)21-17-3-2-14-12-23(13-15(14)10-17)27(26)20-5-4-18(24)11-19(20)25;6-5(8)3-1-2-4-7/h2-5,10-11,16,21,24-25H,6-9,12-13H2,1H3;4H,1-3H2,(H2,6,8). The van der Waals surface area contributed by atoms with Gasteiger partial charge in [0, 0.05) is 43.7 Å². The quantitative estimate of drug-likeness (QED) is 0.322. The number of benzene rings is 2. The molecule has 190 valence electrons. The summed E-state index contributed by atoms with van der Waals surface area (Å²) in [5, 5.41) is 23.0. The van der Waals surface area contributed by atoms with E-state index in [2.05, 4.69) is 35.5 Å². The van der Waals surface area contributed by atoms with Crippen LogP contribution in [0.5, 0.6) is 11.5 Å². The number of hydrogen-bond donors (Lipinski definition) is 4. The molecular weight excluding hydrogens is 468 g/mol. The number of hydrogen-bond acceptors (Lipinski definition) is 7. The average Bonchev–Trinajstić information content (AvgIpc) is 3.24. The van der Waals surface area contributed by atoms with Gasteiger partial charge in [-0.05, 0) is 74.8 Å². The van der Waals surface area contributed by atoms with Gasteiger partial charge in [-0.15, -0.1) is 0 Å². The van der Waals surface area contributed by atoms with E-state index >= 15 is 0 Å². The lowest BCUT2D eigenvalue weighted by Crippen LogP contribution is -2.36. The van der Waals surface area contributed by atoms with E-state index in [0.717, 1.165) is 43.5 Å². The van der Waals surface area contributed by atoms with Crippen LogP contribution >= 0.6 is 0 Å². The fourth-order valence-corrected chi connectivity index (χ4v) is 5.32. The highest BCUT2D eigenvalue weighted by Gasteiger charge is 2.26. The topological polar surface area (TPSA) is 136 Å². The molecule has 0 spiro atoms. The molecule has 0 aliphatic carbocycles. The van der Waals surface area contributed by atoms with Crippen molar-refractivity contribution in [2.75, 3.05) is 25.5 Å². The predicted molar refractivity (Wildman–Crippen MR) is 135 cm³/mol. The van der Waals surface area contributed by atoms with Crippen LogP contribution in [-0.2, 0) is 33.7 Å². The molecular formula is C25H34N4O5S. The van der Waals surface area contributed by atoms with Crippen molar-refractivity contribution in [1.82, 2.24) is 9.21 Å². The number of carbonyl (C=O) groups excluding carboxylic acids is 2. The maximum absolute atomic E-state index is 12.9. The third-order valence-electron chi connectivity index (χ3n) is 6.10. The minimum atomic E-state index is -1.48. The van der Waals surface area contributed by atoms with E-state index in [-0.39, 0.29) is 17.4 Å². The smallest absolute Gasteiger partial charge is 0.217 e. The molecule has 1 unspecified atom stereocenters. The molecule has 2 heterocycles. The zero-order valence-corrected chi connectivity index (χ0v) is 20.8. The van der Waals surface area contributed by atoms with Crippen LogP contribution in [0.4, 0.5) is 5.69 Å². The molecule has 0 aromatic heterocycles. The highest BCUT2D eigenvalue weighted by Crippen LogP contribution is 2.33. The number of carbonyl (C=O) groups is 2. The first kappa shape index (κ1) is 26.7. The van der Waals surface area contributed by atoms with Crippen molar-refractivity contribution in [1.29, 1.82) is 0 Å². The largest absolute Gasteiger partial charge is 0.508 e. The number of nitrogens with two attached hydrogens (primary N) is 1. The van der Waals surface area contributed by atoms with E-state index < -0.39 is 11.0 Å². The molecule has 9 nitrogen and oxygen atoms in total. The molecule has 1 atom stereocenters. The number of fused-ring (bicyclic) bond motifs is 1. The third-order valence-corrected chi connectivity index (χ3v) is 7.55. The molecule has 2 aliphatic rings. The van der Waals surface area contributed by atoms with Gasteiger partial charge in [0.15, 0.2) is 0 Å². The fraction of sp³-hybridized carbons (Fsp3) is 0.440. The Labute approximate surface area is 208 Å². The summed E-state index contributed by atoms with van der Waals surface area (Å²) in [6.07, 6.45) is 4.40. The molecule has 35 heavy (non-hydrogen) atoms. The molecule has 2 aromatic rings. The van der Waals surface area contributed by atoms with Crippen LogP contribution in [0.15, 0.2) is 41.3 Å². The van der Waals surface area contributed by atoms with Crippen LogP contribution in [0, 0.1) is 0 Å². The fourth-order valence-electron chi connectivity index (χ4n) is 4.11. The number of piperidine rings is 1. The number of aromatic hydroxyl groups is 2. The van der Waals surface area contributed by atoms with Crippen LogP contribution in [0.1, 0.15) is 43.2 Å². The van der Waals surface area contributed by atoms with Crippen LogP contribution in [-0.4, -0.2) is 62.0 Å². The first-order valence-corrected chi connectivity index (χ1v) is 12.8. The van der Waals surface area contributed by atoms with Crippen LogP contribution in [0.25, 0.3) is 0 Å². The number of likely N-dealkylation sites (tertiary alicyclic amines) is 1. The van der Waals surface area contributed by atoms with Gasteiger partial charge in [-0.2, -0.15) is 0 Å². The number of primary amides is 1. The van der Waals surface area contributed by atoms with Crippen molar-refractivity contribution in [2.24, 2.45) is 5.73 Å². The number of unbranched alkanes of at least 4 members (excludes halogenated alkanes) is 1. The zero-order chi connectivity index (χ0) is 25.4. The van der Waals surface area contributed by atoms with Gasteiger partial charge in [-0.1, -0.05) is 6.07 Å². The van der Waals surface area contributed by atoms with E-state index in [9.17, 15) is 24.0 Å². The van der Waals surface area contributed by atoms with E-state index in [0.29, 0.717) is 43.3 Å². The highest BCUT2D eigenvalue weighted by atomic mass is 32.2. The summed E-state index contributed by atoms with van der Waals surface area (Å²) in [7, 11) is 0.684. The third kappa shape index (κ3) is 7.78. The number of rotatable bonds is 8. The monoisotopic (exact) mass is 502 g/mol. The van der Waals surface area contributed by atoms with Crippen molar-refractivity contribution < 1.29 is 24.0 Å². The number of aldehydes is 1. The number of phenols is 2. The molecule has 0 bridgehead atoms. The van der Waals surface area contributed by atoms with E-state index in [4.69, 9.17) is 5.73 Å². The van der Waals surface area contributed by atoms with Crippen molar-refractivity contribution in [2.45, 2.75) is 56.1 Å². The summed E-state index contributed by atoms with van der Waals surface area (Å²) in [6.45, 7) is 3.39. The number of nitrogens with zero attached hydrogens (tertiary/aromatic N) is 2. The molecule has 5 N–H and O–H groups in total. The molecule has 1 fully saturated rings. The lowest BCUT2D eigenvalue weighted by molar-refractivity contribution is -0.118. The SMILES string of the molecule is CN1CCC(Nc2ccc3c(c2)CN(S(=O)c2ccc(O)cc2O)C3)CC1.NC(=O)CCCC=O. The summed E-state index contributed by atoms with van der Waals surface area (Å²) >= 11 is 0. The minimum absolute atomic E-state index is 0.0393. The summed E-state index contributed by atoms with van der Waals surface area (Å²) in [6, 6.07) is 11.0. The summed E-state index contributed by atoms with van der Waals surface area (Å²) < 4.78 is 14.7. The second-order valence-corrected chi connectivity index (χ2v) is 10.4.